The zero-order chi connectivity index (χ0) is 17.9. The SMILES string of the molecule is Cc1ccoc1C(=O)NCCCN1c2ccccc2Sc2ccccc21. The Morgan fingerprint density at radius 1 is 1.04 bits per heavy atom. The van der Waals surface area contributed by atoms with Gasteiger partial charge >= 0.3 is 0 Å². The molecule has 0 saturated carbocycles. The first-order chi connectivity index (χ1) is 12.7. The van der Waals surface area contributed by atoms with Gasteiger partial charge in [-0.1, -0.05) is 36.0 Å². The average Bonchev–Trinajstić information content (AvgIpc) is 3.10. The summed E-state index contributed by atoms with van der Waals surface area (Å²) in [5, 5.41) is 2.95. The van der Waals surface area contributed by atoms with Crippen LogP contribution in [0.25, 0.3) is 0 Å². The number of nitrogens with zero attached hydrogens (tertiary/aromatic N) is 1. The van der Waals surface area contributed by atoms with Gasteiger partial charge in [0.05, 0.1) is 17.6 Å². The van der Waals surface area contributed by atoms with Gasteiger partial charge in [-0.15, -0.1) is 0 Å². The Labute approximate surface area is 157 Å². The van der Waals surface area contributed by atoms with Crippen molar-refractivity contribution in [1.82, 2.24) is 5.32 Å². The second-order valence-corrected chi connectivity index (χ2v) is 7.32. The van der Waals surface area contributed by atoms with E-state index in [1.54, 1.807) is 24.1 Å². The molecule has 0 radical (unpaired) electrons. The Kier molecular flexibility index (Phi) is 4.71. The van der Waals surface area contributed by atoms with Crippen molar-refractivity contribution in [3.8, 4) is 0 Å². The first kappa shape index (κ1) is 16.8. The van der Waals surface area contributed by atoms with Crippen LogP contribution in [-0.2, 0) is 0 Å². The maximum atomic E-state index is 12.2. The average molecular weight is 364 g/mol. The maximum absolute atomic E-state index is 12.2. The van der Waals surface area contributed by atoms with Crippen molar-refractivity contribution < 1.29 is 9.21 Å². The van der Waals surface area contributed by atoms with Crippen LogP contribution in [0.4, 0.5) is 11.4 Å². The third-order valence-electron chi connectivity index (χ3n) is 4.44. The quantitative estimate of drug-likeness (QED) is 0.646. The van der Waals surface area contributed by atoms with Crippen molar-refractivity contribution in [2.24, 2.45) is 0 Å². The molecule has 1 amide bonds. The van der Waals surface area contributed by atoms with Gasteiger partial charge in [-0.3, -0.25) is 4.79 Å². The molecule has 5 heteroatoms. The molecular weight excluding hydrogens is 344 g/mol. The molecule has 1 aromatic heterocycles. The lowest BCUT2D eigenvalue weighted by molar-refractivity contribution is 0.0925. The molecule has 2 aromatic carbocycles. The maximum Gasteiger partial charge on any atom is 0.287 e. The third kappa shape index (κ3) is 3.22. The van der Waals surface area contributed by atoms with E-state index in [0.29, 0.717) is 12.3 Å². The Hall–Kier alpha value is -2.66. The zero-order valence-corrected chi connectivity index (χ0v) is 15.4. The molecule has 1 N–H and O–H groups in total. The third-order valence-corrected chi connectivity index (χ3v) is 5.57. The van der Waals surface area contributed by atoms with E-state index < -0.39 is 0 Å². The van der Waals surface area contributed by atoms with Crippen molar-refractivity contribution in [2.45, 2.75) is 23.1 Å². The van der Waals surface area contributed by atoms with E-state index in [4.69, 9.17) is 4.42 Å². The number of aryl methyl sites for hydroxylation is 1. The van der Waals surface area contributed by atoms with Gasteiger partial charge in [0.25, 0.3) is 5.91 Å². The number of carbonyl (C=O) groups is 1. The second kappa shape index (κ2) is 7.30. The monoisotopic (exact) mass is 364 g/mol. The first-order valence-corrected chi connectivity index (χ1v) is 9.51. The molecule has 0 spiro atoms. The molecule has 3 aromatic rings. The van der Waals surface area contributed by atoms with E-state index in [1.807, 2.05) is 6.92 Å². The number of carbonyl (C=O) groups excluding carboxylic acids is 1. The van der Waals surface area contributed by atoms with Crippen LogP contribution in [0, 0.1) is 6.92 Å². The normalized spacial score (nSPS) is 12.4. The van der Waals surface area contributed by atoms with Gasteiger partial charge in [0.1, 0.15) is 0 Å². The molecule has 0 bridgehead atoms. The predicted molar refractivity (Wildman–Crippen MR) is 104 cm³/mol. The summed E-state index contributed by atoms with van der Waals surface area (Å²) >= 11 is 1.81. The van der Waals surface area contributed by atoms with E-state index in [-0.39, 0.29) is 5.91 Å². The highest BCUT2D eigenvalue weighted by molar-refractivity contribution is 7.99. The Morgan fingerprint density at radius 2 is 1.69 bits per heavy atom. The van der Waals surface area contributed by atoms with Crippen LogP contribution in [0.3, 0.4) is 0 Å². The van der Waals surface area contributed by atoms with E-state index in [0.717, 1.165) is 18.5 Å². The number of anilines is 2. The predicted octanol–water partition coefficient (Wildman–Crippen LogP) is 5.01. The van der Waals surface area contributed by atoms with Crippen molar-refractivity contribution in [2.75, 3.05) is 18.0 Å². The number of fused-ring (bicyclic) bond motifs is 2. The van der Waals surface area contributed by atoms with Crippen LogP contribution in [0.5, 0.6) is 0 Å². The summed E-state index contributed by atoms with van der Waals surface area (Å²) in [5.74, 6) is 0.248. The van der Waals surface area contributed by atoms with Crippen molar-refractivity contribution in [3.63, 3.8) is 0 Å². The summed E-state index contributed by atoms with van der Waals surface area (Å²) in [6.45, 7) is 3.32. The molecule has 0 fully saturated rings. The van der Waals surface area contributed by atoms with E-state index in [1.165, 1.54) is 21.2 Å². The van der Waals surface area contributed by atoms with Gasteiger partial charge in [-0.05, 0) is 43.7 Å². The van der Waals surface area contributed by atoms with Crippen LogP contribution in [0.2, 0.25) is 0 Å². The molecule has 0 unspecified atom stereocenters. The molecule has 0 saturated heterocycles. The lowest BCUT2D eigenvalue weighted by Crippen LogP contribution is -2.29. The molecule has 132 valence electrons. The molecule has 4 rings (SSSR count). The van der Waals surface area contributed by atoms with Gasteiger partial charge < -0.3 is 14.6 Å². The van der Waals surface area contributed by atoms with E-state index in [2.05, 4.69) is 58.7 Å². The summed E-state index contributed by atoms with van der Waals surface area (Å²) in [5.41, 5.74) is 3.31. The van der Waals surface area contributed by atoms with E-state index in [9.17, 15) is 4.79 Å². The molecule has 4 nitrogen and oxygen atoms in total. The minimum atomic E-state index is -0.150. The molecule has 2 heterocycles. The number of para-hydroxylation sites is 2. The number of furan rings is 1. The Morgan fingerprint density at radius 3 is 2.31 bits per heavy atom. The van der Waals surface area contributed by atoms with Crippen LogP contribution in [0.15, 0.2) is 75.1 Å². The molecule has 0 aliphatic carbocycles. The highest BCUT2D eigenvalue weighted by Gasteiger charge is 2.22. The smallest absolute Gasteiger partial charge is 0.287 e. The highest BCUT2D eigenvalue weighted by Crippen LogP contribution is 2.47. The topological polar surface area (TPSA) is 45.5 Å². The van der Waals surface area contributed by atoms with Gasteiger partial charge in [0.2, 0.25) is 0 Å². The fraction of sp³-hybridized carbons (Fsp3) is 0.190. The highest BCUT2D eigenvalue weighted by atomic mass is 32.2. The Balaban J connectivity index is 1.44. The number of rotatable bonds is 5. The molecule has 0 atom stereocenters. The van der Waals surface area contributed by atoms with Gasteiger partial charge in [0.15, 0.2) is 5.76 Å². The summed E-state index contributed by atoms with van der Waals surface area (Å²) in [7, 11) is 0. The van der Waals surface area contributed by atoms with Gasteiger partial charge in [0, 0.05) is 28.4 Å². The van der Waals surface area contributed by atoms with Crippen LogP contribution in [0.1, 0.15) is 22.5 Å². The number of hydrogen-bond donors (Lipinski definition) is 1. The molecule has 1 aliphatic heterocycles. The summed E-state index contributed by atoms with van der Waals surface area (Å²) < 4.78 is 5.24. The largest absolute Gasteiger partial charge is 0.459 e. The lowest BCUT2D eigenvalue weighted by atomic mass is 10.2. The first-order valence-electron chi connectivity index (χ1n) is 8.70. The van der Waals surface area contributed by atoms with Crippen molar-refractivity contribution >= 4 is 29.0 Å². The molecule has 1 aliphatic rings. The molecular formula is C21H20N2O2S. The fourth-order valence-electron chi connectivity index (χ4n) is 3.15. The van der Waals surface area contributed by atoms with Crippen LogP contribution >= 0.6 is 11.8 Å². The second-order valence-electron chi connectivity index (χ2n) is 6.23. The zero-order valence-electron chi connectivity index (χ0n) is 14.6. The minimum Gasteiger partial charge on any atom is -0.459 e. The van der Waals surface area contributed by atoms with Gasteiger partial charge in [-0.2, -0.15) is 0 Å². The summed E-state index contributed by atoms with van der Waals surface area (Å²) in [6.07, 6.45) is 2.39. The van der Waals surface area contributed by atoms with Crippen LogP contribution in [-0.4, -0.2) is 19.0 Å². The number of benzene rings is 2. The van der Waals surface area contributed by atoms with Gasteiger partial charge in [-0.25, -0.2) is 0 Å². The number of amides is 1. The van der Waals surface area contributed by atoms with E-state index >= 15 is 0 Å². The van der Waals surface area contributed by atoms with Crippen molar-refractivity contribution in [1.29, 1.82) is 0 Å². The summed E-state index contributed by atoms with van der Waals surface area (Å²) in [6, 6.07) is 18.7. The van der Waals surface area contributed by atoms with Crippen LogP contribution < -0.4 is 10.2 Å². The lowest BCUT2D eigenvalue weighted by Gasteiger charge is -2.32. The standard InChI is InChI=1S/C21H20N2O2S/c1-15-11-14-25-20(15)21(24)22-12-6-13-23-16-7-2-4-9-18(16)26-19-10-5-3-8-17(19)23/h2-5,7-11,14H,6,12-13H2,1H3,(H,22,24). The fourth-order valence-corrected chi connectivity index (χ4v) is 4.24. The number of nitrogens with one attached hydrogen (secondary N) is 1. The Bertz CT molecular complexity index is 890. The summed E-state index contributed by atoms with van der Waals surface area (Å²) in [4.78, 5) is 17.0. The minimum absolute atomic E-state index is 0.150. The number of hydrogen-bond acceptors (Lipinski definition) is 4. The molecule has 26 heavy (non-hydrogen) atoms. The van der Waals surface area contributed by atoms with Crippen molar-refractivity contribution in [3.05, 3.63) is 72.2 Å².